The van der Waals surface area contributed by atoms with Crippen molar-refractivity contribution in [3.05, 3.63) is 29.8 Å². The molecule has 1 aromatic carbocycles. The van der Waals surface area contributed by atoms with Crippen molar-refractivity contribution in [1.82, 2.24) is 10.6 Å². The van der Waals surface area contributed by atoms with Gasteiger partial charge in [-0.15, -0.1) is 0 Å². The molecule has 2 aliphatic rings. The van der Waals surface area contributed by atoms with E-state index in [0.29, 0.717) is 12.2 Å². The van der Waals surface area contributed by atoms with E-state index in [9.17, 15) is 9.59 Å². The number of nitrogens with one attached hydrogen (secondary N) is 2. The zero-order chi connectivity index (χ0) is 12.9. The topological polar surface area (TPSA) is 61.4 Å². The van der Waals surface area contributed by atoms with Gasteiger partial charge in [0.2, 0.25) is 5.91 Å². The number of nitrogens with zero attached hydrogens (tertiary/aromatic N) is 1. The van der Waals surface area contributed by atoms with Crippen molar-refractivity contribution in [2.24, 2.45) is 0 Å². The van der Waals surface area contributed by atoms with Gasteiger partial charge in [0.15, 0.2) is 5.66 Å². The lowest BCUT2D eigenvalue weighted by atomic mass is 10.0. The molecule has 2 amide bonds. The Kier molecular flexibility index (Phi) is 2.30. The number of carbonyl (C=O) groups is 2. The standard InChI is InChI=1S/C13H15N3O2/c1-8-7-14-13(15-8)10-5-3-4-6-11(10)16(9(2)17)12(13)18/h3-6,8,14-15H,7H2,1-2H3/t8-,13+/m0/s1. The van der Waals surface area contributed by atoms with E-state index in [1.807, 2.05) is 25.1 Å². The fourth-order valence-corrected chi connectivity index (χ4v) is 2.78. The first-order valence-corrected chi connectivity index (χ1v) is 6.03. The van der Waals surface area contributed by atoms with Crippen LogP contribution in [0.4, 0.5) is 5.69 Å². The van der Waals surface area contributed by atoms with E-state index in [1.165, 1.54) is 11.8 Å². The minimum atomic E-state index is -0.929. The highest BCUT2D eigenvalue weighted by molar-refractivity contribution is 6.22. The summed E-state index contributed by atoms with van der Waals surface area (Å²) in [5.41, 5.74) is 0.570. The molecule has 2 atom stereocenters. The molecule has 18 heavy (non-hydrogen) atoms. The number of hydrogen-bond donors (Lipinski definition) is 2. The second kappa shape index (κ2) is 3.63. The van der Waals surface area contributed by atoms with Crippen molar-refractivity contribution in [2.45, 2.75) is 25.6 Å². The summed E-state index contributed by atoms with van der Waals surface area (Å²) in [4.78, 5) is 25.5. The molecule has 94 valence electrons. The van der Waals surface area contributed by atoms with Gasteiger partial charge in [-0.25, -0.2) is 4.90 Å². The predicted octanol–water partition coefficient (Wildman–Crippen LogP) is 0.314. The van der Waals surface area contributed by atoms with Crippen molar-refractivity contribution in [3.63, 3.8) is 0 Å². The summed E-state index contributed by atoms with van der Waals surface area (Å²) in [6.07, 6.45) is 0. The summed E-state index contributed by atoms with van der Waals surface area (Å²) < 4.78 is 0. The molecule has 1 spiro atoms. The average Bonchev–Trinajstić information content (AvgIpc) is 2.82. The van der Waals surface area contributed by atoms with Gasteiger partial charge in [0.25, 0.3) is 5.91 Å². The van der Waals surface area contributed by atoms with Gasteiger partial charge >= 0.3 is 0 Å². The summed E-state index contributed by atoms with van der Waals surface area (Å²) in [6, 6.07) is 7.58. The van der Waals surface area contributed by atoms with Gasteiger partial charge in [-0.05, 0) is 13.0 Å². The largest absolute Gasteiger partial charge is 0.286 e. The average molecular weight is 245 g/mol. The lowest BCUT2D eigenvalue weighted by Crippen LogP contribution is -2.55. The van der Waals surface area contributed by atoms with Crippen molar-refractivity contribution in [3.8, 4) is 0 Å². The summed E-state index contributed by atoms with van der Waals surface area (Å²) in [7, 11) is 0. The number of rotatable bonds is 0. The molecule has 1 aromatic rings. The first-order valence-electron chi connectivity index (χ1n) is 6.03. The third-order valence-electron chi connectivity index (χ3n) is 3.52. The molecule has 3 rings (SSSR count). The van der Waals surface area contributed by atoms with Crippen LogP contribution < -0.4 is 15.5 Å². The number of anilines is 1. The number of imide groups is 1. The SMILES string of the molecule is CC(=O)N1C(=O)[C@@]2(NC[C@H](C)N2)c2ccccc21. The number of carbonyl (C=O) groups excluding carboxylic acids is 2. The van der Waals surface area contributed by atoms with E-state index in [0.717, 1.165) is 5.56 Å². The van der Waals surface area contributed by atoms with Crippen LogP contribution in [0.3, 0.4) is 0 Å². The molecule has 1 fully saturated rings. The number of amides is 2. The van der Waals surface area contributed by atoms with Gasteiger partial charge in [-0.3, -0.25) is 20.2 Å². The second-order valence-electron chi connectivity index (χ2n) is 4.85. The molecule has 2 aliphatic heterocycles. The van der Waals surface area contributed by atoms with Crippen molar-refractivity contribution in [2.75, 3.05) is 11.4 Å². The van der Waals surface area contributed by atoms with Gasteiger partial charge in [0.1, 0.15) is 0 Å². The number of benzene rings is 1. The molecule has 0 saturated carbocycles. The Balaban J connectivity index is 2.19. The Morgan fingerprint density at radius 2 is 2.17 bits per heavy atom. The quantitative estimate of drug-likeness (QED) is 0.691. The van der Waals surface area contributed by atoms with Gasteiger partial charge in [0, 0.05) is 25.1 Å². The van der Waals surface area contributed by atoms with E-state index in [1.54, 1.807) is 6.07 Å². The highest BCUT2D eigenvalue weighted by Crippen LogP contribution is 2.40. The maximum atomic E-state index is 12.6. The molecule has 0 bridgehead atoms. The van der Waals surface area contributed by atoms with Crippen LogP contribution in [0.15, 0.2) is 24.3 Å². The first kappa shape index (κ1) is 11.4. The normalized spacial score (nSPS) is 30.0. The monoisotopic (exact) mass is 245 g/mol. The molecule has 5 nitrogen and oxygen atoms in total. The summed E-state index contributed by atoms with van der Waals surface area (Å²) in [6.45, 7) is 4.12. The maximum absolute atomic E-state index is 12.6. The zero-order valence-corrected chi connectivity index (χ0v) is 10.4. The van der Waals surface area contributed by atoms with Crippen LogP contribution in [0, 0.1) is 0 Å². The third-order valence-corrected chi connectivity index (χ3v) is 3.52. The molecule has 1 saturated heterocycles. The van der Waals surface area contributed by atoms with Crippen LogP contribution in [-0.2, 0) is 15.3 Å². The Morgan fingerprint density at radius 3 is 2.78 bits per heavy atom. The number of hydrogen-bond acceptors (Lipinski definition) is 4. The fourth-order valence-electron chi connectivity index (χ4n) is 2.78. The minimum Gasteiger partial charge on any atom is -0.286 e. The predicted molar refractivity (Wildman–Crippen MR) is 66.9 cm³/mol. The Labute approximate surface area is 105 Å². The lowest BCUT2D eigenvalue weighted by Gasteiger charge is -2.23. The summed E-state index contributed by atoms with van der Waals surface area (Å²) in [5, 5.41) is 6.48. The maximum Gasteiger partial charge on any atom is 0.273 e. The molecular weight excluding hydrogens is 230 g/mol. The Hall–Kier alpha value is -1.72. The van der Waals surface area contributed by atoms with Crippen LogP contribution in [-0.4, -0.2) is 24.4 Å². The Morgan fingerprint density at radius 1 is 1.44 bits per heavy atom. The summed E-state index contributed by atoms with van der Waals surface area (Å²) in [5.74, 6) is -0.493. The first-order chi connectivity index (χ1) is 8.56. The minimum absolute atomic E-state index is 0.189. The van der Waals surface area contributed by atoms with Crippen LogP contribution in [0.25, 0.3) is 0 Å². The van der Waals surface area contributed by atoms with E-state index in [-0.39, 0.29) is 17.9 Å². The lowest BCUT2D eigenvalue weighted by molar-refractivity contribution is -0.129. The molecule has 5 heteroatoms. The van der Waals surface area contributed by atoms with Gasteiger partial charge < -0.3 is 0 Å². The Bertz CT molecular complexity index is 543. The van der Waals surface area contributed by atoms with Gasteiger partial charge in [0.05, 0.1) is 5.69 Å². The van der Waals surface area contributed by atoms with Crippen LogP contribution in [0.1, 0.15) is 19.4 Å². The van der Waals surface area contributed by atoms with E-state index in [2.05, 4.69) is 10.6 Å². The molecule has 2 heterocycles. The molecule has 0 aliphatic carbocycles. The molecule has 0 unspecified atom stereocenters. The third kappa shape index (κ3) is 1.28. The van der Waals surface area contributed by atoms with Gasteiger partial charge in [-0.2, -0.15) is 0 Å². The van der Waals surface area contributed by atoms with Crippen LogP contribution in [0.2, 0.25) is 0 Å². The van der Waals surface area contributed by atoms with Crippen molar-refractivity contribution < 1.29 is 9.59 Å². The number of para-hydroxylation sites is 1. The highest BCUT2D eigenvalue weighted by Gasteiger charge is 2.55. The van der Waals surface area contributed by atoms with E-state index < -0.39 is 5.66 Å². The van der Waals surface area contributed by atoms with E-state index >= 15 is 0 Å². The molecule has 0 radical (unpaired) electrons. The van der Waals surface area contributed by atoms with E-state index in [4.69, 9.17) is 0 Å². The molecular formula is C13H15N3O2. The molecule has 2 N–H and O–H groups in total. The van der Waals surface area contributed by atoms with Crippen molar-refractivity contribution >= 4 is 17.5 Å². The van der Waals surface area contributed by atoms with Crippen LogP contribution in [0.5, 0.6) is 0 Å². The van der Waals surface area contributed by atoms with Gasteiger partial charge in [-0.1, -0.05) is 18.2 Å². The second-order valence-corrected chi connectivity index (χ2v) is 4.85. The fraction of sp³-hybridized carbons (Fsp3) is 0.385. The highest BCUT2D eigenvalue weighted by atomic mass is 16.2. The smallest absolute Gasteiger partial charge is 0.273 e. The van der Waals surface area contributed by atoms with Crippen molar-refractivity contribution in [1.29, 1.82) is 0 Å². The molecule has 0 aromatic heterocycles. The number of fused-ring (bicyclic) bond motifs is 2. The zero-order valence-electron chi connectivity index (χ0n) is 10.4. The summed E-state index contributed by atoms with van der Waals surface area (Å²) >= 11 is 0. The van der Waals surface area contributed by atoms with Crippen LogP contribution >= 0.6 is 0 Å².